The lowest BCUT2D eigenvalue weighted by molar-refractivity contribution is 0.518. The Kier molecular flexibility index (Phi) is 21.1. The summed E-state index contributed by atoms with van der Waals surface area (Å²) < 4.78 is 5.13. The average molecular weight is 1670 g/mol. The first-order chi connectivity index (χ1) is 60.4. The van der Waals surface area contributed by atoms with Gasteiger partial charge in [-0.05, 0) is 216 Å². The summed E-state index contributed by atoms with van der Waals surface area (Å²) in [6.07, 6.45) is 0.840. The van der Waals surface area contributed by atoms with Crippen LogP contribution in [0.15, 0.2) is 358 Å². The highest BCUT2D eigenvalue weighted by molar-refractivity contribution is 7.26. The topological polar surface area (TPSA) is 6.48 Å². The largest absolute Gasteiger partial charge is 0.309 e. The van der Waals surface area contributed by atoms with Gasteiger partial charge in [0.15, 0.2) is 0 Å². The monoisotopic (exact) mass is 1670 g/mol. The first-order valence-corrected chi connectivity index (χ1v) is 46.5. The van der Waals surface area contributed by atoms with E-state index in [1.165, 1.54) is 168 Å². The van der Waals surface area contributed by atoms with Gasteiger partial charge in [-0.1, -0.05) is 409 Å². The van der Waals surface area contributed by atoms with Crippen molar-refractivity contribution >= 4 is 119 Å². The highest BCUT2D eigenvalue weighted by atomic mass is 32.1. The van der Waals surface area contributed by atoms with Gasteiger partial charge in [0.25, 0.3) is 0 Å². The zero-order chi connectivity index (χ0) is 87.5. The molecule has 0 aliphatic carbocycles. The van der Waals surface area contributed by atoms with Crippen molar-refractivity contribution in [2.45, 2.75) is 157 Å². The molecule has 2 nitrogen and oxygen atoms in total. The fourth-order valence-electron chi connectivity index (χ4n) is 19.2. The van der Waals surface area contributed by atoms with E-state index in [0.717, 1.165) is 51.7 Å². The summed E-state index contributed by atoms with van der Waals surface area (Å²) in [6.45, 7) is 39.9. The SMILES string of the molecule is CC(C)(C)c1ccc(-c2ccccc2N(c2ccccc2-c2cccc3cccc(-c4cc(C(C)(C)C)cc(C(C)(C)Cc5ccc6c(c5)sc5cccc(-c7ccccc7N(c7ccc(C(C)(C)C)cc7)c7ccccc7-c7cccc8cccc(-c9cc(C(C)(C)C)cc(C(C)(C)C)c9)c78)c56)c4)c23)c2ccccc2-c2cccc3sc4ccccc4c23)cc1. The molecule has 2 aromatic heterocycles. The second-order valence-corrected chi connectivity index (χ2v) is 42.8. The minimum absolute atomic E-state index is 0.00657. The molecule has 17 aromatic carbocycles. The Morgan fingerprint density at radius 3 is 0.960 bits per heavy atom. The Hall–Kier alpha value is -12.7. The quantitative estimate of drug-likeness (QED) is 0.0951. The summed E-state index contributed by atoms with van der Waals surface area (Å²) in [5, 5.41) is 10.0. The van der Waals surface area contributed by atoms with Crippen LogP contribution in [0.25, 0.3) is 140 Å². The molecule has 126 heavy (non-hydrogen) atoms. The standard InChI is InChI=1S/C122H112N2S2/c1-117(2,3)84-63-61-79(62-64-84)91-40-18-24-52-104(91)124(108-56-28-22-44-97(108)101-51-34-58-110-115(101)102-45-23-29-57-109(102)125-110)107-55-27-21-42-95(107)99-49-33-39-81-37-31-47-93(114(81)99)83-73-88(121(13,14)15)76-89(74-83)122(16,17)77-78-60-69-103-112(70-78)126-111-59-35-50-100(116(103)111)96-43-20-26-54-106(96)123(90-67-65-85(66-68-90)118(4,5)6)105-53-25-19-41-94(105)98-48-32-38-80-36-30-46-92(113(80)98)82-71-86(119(7,8)9)75-87(72-82)120(10,11)12/h18-76H,77H2,1-17H3. The van der Waals surface area contributed by atoms with Crippen molar-refractivity contribution in [3.8, 4) is 77.9 Å². The molecule has 0 bridgehead atoms. The van der Waals surface area contributed by atoms with E-state index < -0.39 is 0 Å². The molecule has 0 aliphatic heterocycles. The maximum absolute atomic E-state index is 2.57. The predicted octanol–water partition coefficient (Wildman–Crippen LogP) is 36.3. The van der Waals surface area contributed by atoms with Gasteiger partial charge in [-0.15, -0.1) is 22.7 Å². The molecular weight excluding hydrogens is 1560 g/mol. The molecule has 0 saturated heterocycles. The molecule has 0 atom stereocenters. The van der Waals surface area contributed by atoms with Crippen molar-refractivity contribution in [3.05, 3.63) is 397 Å². The van der Waals surface area contributed by atoms with Gasteiger partial charge in [0.05, 0.1) is 28.4 Å². The highest BCUT2D eigenvalue weighted by Gasteiger charge is 2.32. The predicted molar refractivity (Wildman–Crippen MR) is 551 cm³/mol. The molecule has 0 N–H and O–H groups in total. The summed E-state index contributed by atoms with van der Waals surface area (Å²) >= 11 is 3.78. The van der Waals surface area contributed by atoms with Gasteiger partial charge in [0.1, 0.15) is 0 Å². The van der Waals surface area contributed by atoms with Crippen LogP contribution in [0.2, 0.25) is 0 Å². The van der Waals surface area contributed by atoms with Crippen molar-refractivity contribution in [2.75, 3.05) is 9.80 Å². The van der Waals surface area contributed by atoms with E-state index in [2.05, 4.69) is 485 Å². The summed E-state index contributed by atoms with van der Waals surface area (Å²) in [4.78, 5) is 5.11. The van der Waals surface area contributed by atoms with Crippen LogP contribution < -0.4 is 9.80 Å². The van der Waals surface area contributed by atoms with Gasteiger partial charge >= 0.3 is 0 Å². The van der Waals surface area contributed by atoms with E-state index in [9.17, 15) is 0 Å². The molecule has 19 aromatic rings. The Balaban J connectivity index is 0.712. The van der Waals surface area contributed by atoms with E-state index in [-0.39, 0.29) is 32.5 Å². The minimum Gasteiger partial charge on any atom is -0.309 e. The molecule has 622 valence electrons. The van der Waals surface area contributed by atoms with Crippen LogP contribution in [0.5, 0.6) is 0 Å². The number of thiophene rings is 2. The van der Waals surface area contributed by atoms with E-state index in [4.69, 9.17) is 0 Å². The number of benzene rings is 17. The Labute approximate surface area is 754 Å². The van der Waals surface area contributed by atoms with E-state index in [1.54, 1.807) is 0 Å². The van der Waals surface area contributed by atoms with Crippen LogP contribution in [0.3, 0.4) is 0 Å². The van der Waals surface area contributed by atoms with E-state index >= 15 is 0 Å². The Bertz CT molecular complexity index is 7370. The van der Waals surface area contributed by atoms with Crippen LogP contribution >= 0.6 is 22.7 Å². The maximum Gasteiger partial charge on any atom is 0.0540 e. The van der Waals surface area contributed by atoms with Crippen molar-refractivity contribution in [1.29, 1.82) is 0 Å². The summed E-state index contributed by atoms with van der Waals surface area (Å²) in [7, 11) is 0. The second-order valence-electron chi connectivity index (χ2n) is 40.6. The molecule has 19 rings (SSSR count). The van der Waals surface area contributed by atoms with Crippen LogP contribution in [0, 0.1) is 0 Å². The van der Waals surface area contributed by atoms with Gasteiger partial charge in [0.2, 0.25) is 0 Å². The van der Waals surface area contributed by atoms with Gasteiger partial charge in [-0.2, -0.15) is 0 Å². The van der Waals surface area contributed by atoms with E-state index in [0.29, 0.717) is 0 Å². The summed E-state index contributed by atoms with van der Waals surface area (Å²) in [6, 6.07) is 137. The second kappa shape index (κ2) is 32.1. The molecule has 4 heteroatoms. The molecule has 0 radical (unpaired) electrons. The number of nitrogens with zero attached hydrogens (tertiary/aromatic N) is 2. The first kappa shape index (κ1) is 82.9. The fraction of sp³-hybridized carbons (Fsp3) is 0.197. The molecule has 0 aliphatic rings. The van der Waals surface area contributed by atoms with Crippen molar-refractivity contribution < 1.29 is 0 Å². The minimum atomic E-state index is -0.288. The van der Waals surface area contributed by atoms with Gasteiger partial charge < -0.3 is 9.80 Å². The molecule has 0 unspecified atom stereocenters. The number of rotatable bonds is 16. The van der Waals surface area contributed by atoms with Gasteiger partial charge in [-0.25, -0.2) is 0 Å². The van der Waals surface area contributed by atoms with Crippen LogP contribution in [0.4, 0.5) is 34.1 Å². The summed E-state index contributed by atoms with van der Waals surface area (Å²) in [5.74, 6) is 0. The third-order valence-electron chi connectivity index (χ3n) is 26.2. The molecule has 0 spiro atoms. The zero-order valence-electron chi connectivity index (χ0n) is 76.0. The Morgan fingerprint density at radius 1 is 0.206 bits per heavy atom. The van der Waals surface area contributed by atoms with Gasteiger partial charge in [0, 0.05) is 73.8 Å². The van der Waals surface area contributed by atoms with Crippen molar-refractivity contribution in [2.24, 2.45) is 0 Å². The molecular formula is C122H112N2S2. The number of hydrogen-bond acceptors (Lipinski definition) is 4. The first-order valence-electron chi connectivity index (χ1n) is 44.9. The zero-order valence-corrected chi connectivity index (χ0v) is 77.6. The van der Waals surface area contributed by atoms with Crippen molar-refractivity contribution in [3.63, 3.8) is 0 Å². The van der Waals surface area contributed by atoms with Crippen LogP contribution in [0.1, 0.15) is 157 Å². The third kappa shape index (κ3) is 15.5. The lowest BCUT2D eigenvalue weighted by Gasteiger charge is -2.32. The lowest BCUT2D eigenvalue weighted by Crippen LogP contribution is -2.22. The fourth-order valence-corrected chi connectivity index (χ4v) is 21.6. The average Bonchev–Trinajstić information content (AvgIpc) is 0.988. The number of hydrogen-bond donors (Lipinski definition) is 0. The number of para-hydroxylation sites is 5. The number of fused-ring (bicyclic) bond motifs is 8. The van der Waals surface area contributed by atoms with Crippen LogP contribution in [-0.4, -0.2) is 0 Å². The van der Waals surface area contributed by atoms with Crippen LogP contribution in [-0.2, 0) is 38.9 Å². The lowest BCUT2D eigenvalue weighted by atomic mass is 9.75. The molecule has 0 amide bonds. The number of anilines is 6. The van der Waals surface area contributed by atoms with E-state index in [1.807, 2.05) is 22.7 Å². The van der Waals surface area contributed by atoms with Gasteiger partial charge in [-0.3, -0.25) is 0 Å². The molecule has 0 saturated carbocycles. The third-order valence-corrected chi connectivity index (χ3v) is 28.5. The maximum atomic E-state index is 2.57. The summed E-state index contributed by atoms with van der Waals surface area (Å²) in [5.41, 5.74) is 32.0. The normalized spacial score (nSPS) is 12.5. The molecule has 0 fully saturated rings. The van der Waals surface area contributed by atoms with Crippen molar-refractivity contribution in [1.82, 2.24) is 0 Å². The molecule has 2 heterocycles. The highest BCUT2D eigenvalue weighted by Crippen LogP contribution is 2.55. The Morgan fingerprint density at radius 2 is 0.524 bits per heavy atom. The smallest absolute Gasteiger partial charge is 0.0540 e.